The summed E-state index contributed by atoms with van der Waals surface area (Å²) in [4.78, 5) is 11.0. The van der Waals surface area contributed by atoms with Crippen molar-refractivity contribution in [3.63, 3.8) is 0 Å². The van der Waals surface area contributed by atoms with Gasteiger partial charge in [-0.2, -0.15) is 0 Å². The fraction of sp³-hybridized carbons (Fsp3) is 0.722. The number of aliphatic imine (C=N–C) groups is 1. The molecule has 1 aromatic rings. The van der Waals surface area contributed by atoms with Gasteiger partial charge in [-0.05, 0) is 44.7 Å². The van der Waals surface area contributed by atoms with Gasteiger partial charge in [0.15, 0.2) is 5.96 Å². The van der Waals surface area contributed by atoms with E-state index in [1.54, 1.807) is 0 Å². The Morgan fingerprint density at radius 3 is 2.67 bits per heavy atom. The molecular weight excluding hydrogens is 431 g/mol. The number of hydrogen-bond donors (Lipinski definition) is 1. The van der Waals surface area contributed by atoms with Crippen molar-refractivity contribution in [1.29, 1.82) is 0 Å². The van der Waals surface area contributed by atoms with Crippen molar-refractivity contribution in [2.75, 3.05) is 40.3 Å². The zero-order valence-corrected chi connectivity index (χ0v) is 18.5. The second kappa shape index (κ2) is 12.1. The SMILES string of the molecule is CCNC(=NCCN(C)C1CCCC1)N(C)CCc1cccs1.I. The summed E-state index contributed by atoms with van der Waals surface area (Å²) in [5.74, 6) is 1.03. The van der Waals surface area contributed by atoms with Crippen LogP contribution in [-0.2, 0) is 6.42 Å². The van der Waals surface area contributed by atoms with Crippen LogP contribution < -0.4 is 5.32 Å². The van der Waals surface area contributed by atoms with Crippen LogP contribution in [0.4, 0.5) is 0 Å². The predicted molar refractivity (Wildman–Crippen MR) is 117 cm³/mol. The second-order valence-electron chi connectivity index (χ2n) is 6.41. The molecule has 0 saturated heterocycles. The first-order chi connectivity index (χ1) is 11.2. The van der Waals surface area contributed by atoms with Crippen LogP contribution in [0.25, 0.3) is 0 Å². The first-order valence-electron chi connectivity index (χ1n) is 8.92. The fourth-order valence-corrected chi connectivity index (χ4v) is 3.85. The zero-order valence-electron chi connectivity index (χ0n) is 15.3. The molecule has 138 valence electrons. The molecule has 0 amide bonds. The Hall–Kier alpha value is -0.340. The van der Waals surface area contributed by atoms with Crippen molar-refractivity contribution in [1.82, 2.24) is 15.1 Å². The van der Waals surface area contributed by atoms with E-state index >= 15 is 0 Å². The van der Waals surface area contributed by atoms with Gasteiger partial charge in [0.25, 0.3) is 0 Å². The largest absolute Gasteiger partial charge is 0.357 e. The Morgan fingerprint density at radius 2 is 2.04 bits per heavy atom. The molecule has 0 atom stereocenters. The summed E-state index contributed by atoms with van der Waals surface area (Å²) in [6.45, 7) is 5.98. The Morgan fingerprint density at radius 1 is 1.29 bits per heavy atom. The topological polar surface area (TPSA) is 30.9 Å². The van der Waals surface area contributed by atoms with Gasteiger partial charge in [0, 0.05) is 37.6 Å². The lowest BCUT2D eigenvalue weighted by molar-refractivity contribution is 0.252. The van der Waals surface area contributed by atoms with E-state index in [2.05, 4.69) is 53.6 Å². The van der Waals surface area contributed by atoms with E-state index in [-0.39, 0.29) is 24.0 Å². The Bertz CT molecular complexity index is 458. The van der Waals surface area contributed by atoms with Gasteiger partial charge in [-0.25, -0.2) is 0 Å². The summed E-state index contributed by atoms with van der Waals surface area (Å²) >= 11 is 1.83. The summed E-state index contributed by atoms with van der Waals surface area (Å²) in [5, 5.41) is 5.56. The third-order valence-electron chi connectivity index (χ3n) is 4.63. The Labute approximate surface area is 168 Å². The zero-order chi connectivity index (χ0) is 16.5. The van der Waals surface area contributed by atoms with E-state index in [9.17, 15) is 0 Å². The number of thiophene rings is 1. The van der Waals surface area contributed by atoms with Gasteiger partial charge in [-0.15, -0.1) is 35.3 Å². The molecule has 1 fully saturated rings. The standard InChI is InChI=1S/C18H32N4S.HI/c1-4-19-18(22(3)13-11-17-10-7-15-23-17)20-12-14-21(2)16-8-5-6-9-16;/h7,10,15-16H,4-6,8-9,11-14H2,1-3H3,(H,19,20);1H. The Balaban J connectivity index is 0.00000288. The molecular formula is C18H33IN4S. The summed E-state index contributed by atoms with van der Waals surface area (Å²) in [5.41, 5.74) is 0. The van der Waals surface area contributed by atoms with E-state index in [0.717, 1.165) is 44.6 Å². The number of halogens is 1. The second-order valence-corrected chi connectivity index (χ2v) is 7.44. The summed E-state index contributed by atoms with van der Waals surface area (Å²) in [7, 11) is 4.38. The molecule has 6 heteroatoms. The van der Waals surface area contributed by atoms with Crippen LogP contribution in [0.3, 0.4) is 0 Å². The van der Waals surface area contributed by atoms with Crippen molar-refractivity contribution in [3.05, 3.63) is 22.4 Å². The van der Waals surface area contributed by atoms with E-state index in [4.69, 9.17) is 4.99 Å². The highest BCUT2D eigenvalue weighted by Crippen LogP contribution is 2.21. The molecule has 0 aliphatic heterocycles. The van der Waals surface area contributed by atoms with Crippen molar-refractivity contribution in [2.45, 2.75) is 45.1 Å². The molecule has 1 heterocycles. The smallest absolute Gasteiger partial charge is 0.193 e. The number of nitrogens with one attached hydrogen (secondary N) is 1. The molecule has 0 radical (unpaired) electrons. The minimum absolute atomic E-state index is 0. The molecule has 1 aromatic heterocycles. The maximum absolute atomic E-state index is 4.82. The van der Waals surface area contributed by atoms with Gasteiger partial charge < -0.3 is 15.1 Å². The van der Waals surface area contributed by atoms with Gasteiger partial charge in [0.2, 0.25) is 0 Å². The van der Waals surface area contributed by atoms with Gasteiger partial charge >= 0.3 is 0 Å². The van der Waals surface area contributed by atoms with E-state index in [1.807, 2.05) is 11.3 Å². The van der Waals surface area contributed by atoms with Crippen LogP contribution in [0, 0.1) is 0 Å². The maximum atomic E-state index is 4.82. The van der Waals surface area contributed by atoms with Crippen LogP contribution in [0.15, 0.2) is 22.5 Å². The third-order valence-corrected chi connectivity index (χ3v) is 5.57. The lowest BCUT2D eigenvalue weighted by Crippen LogP contribution is -2.40. The summed E-state index contributed by atoms with van der Waals surface area (Å²) in [6.07, 6.45) is 6.60. The minimum atomic E-state index is 0. The summed E-state index contributed by atoms with van der Waals surface area (Å²) in [6, 6.07) is 5.11. The minimum Gasteiger partial charge on any atom is -0.357 e. The van der Waals surface area contributed by atoms with Crippen LogP contribution in [0.2, 0.25) is 0 Å². The number of rotatable bonds is 8. The van der Waals surface area contributed by atoms with Gasteiger partial charge in [0.05, 0.1) is 6.54 Å². The number of nitrogens with zero attached hydrogens (tertiary/aromatic N) is 3. The molecule has 1 aliphatic rings. The molecule has 0 aromatic carbocycles. The molecule has 0 unspecified atom stereocenters. The molecule has 0 spiro atoms. The van der Waals surface area contributed by atoms with Crippen LogP contribution in [-0.4, -0.2) is 62.1 Å². The fourth-order valence-electron chi connectivity index (χ4n) is 3.15. The molecule has 0 bridgehead atoms. The van der Waals surface area contributed by atoms with Gasteiger partial charge in [0.1, 0.15) is 0 Å². The molecule has 24 heavy (non-hydrogen) atoms. The lowest BCUT2D eigenvalue weighted by atomic mass is 10.2. The maximum Gasteiger partial charge on any atom is 0.193 e. The number of hydrogen-bond acceptors (Lipinski definition) is 3. The van der Waals surface area contributed by atoms with Crippen molar-refractivity contribution >= 4 is 41.3 Å². The normalized spacial score (nSPS) is 15.6. The highest BCUT2D eigenvalue weighted by atomic mass is 127. The molecule has 1 N–H and O–H groups in total. The first kappa shape index (κ1) is 21.7. The van der Waals surface area contributed by atoms with Crippen molar-refractivity contribution < 1.29 is 0 Å². The van der Waals surface area contributed by atoms with Crippen molar-refractivity contribution in [2.24, 2.45) is 4.99 Å². The van der Waals surface area contributed by atoms with E-state index in [0.29, 0.717) is 0 Å². The number of likely N-dealkylation sites (N-methyl/N-ethyl adjacent to an activating group) is 2. The van der Waals surface area contributed by atoms with E-state index < -0.39 is 0 Å². The van der Waals surface area contributed by atoms with Crippen LogP contribution in [0.1, 0.15) is 37.5 Å². The highest BCUT2D eigenvalue weighted by molar-refractivity contribution is 14.0. The van der Waals surface area contributed by atoms with Crippen LogP contribution >= 0.6 is 35.3 Å². The van der Waals surface area contributed by atoms with Crippen LogP contribution in [0.5, 0.6) is 0 Å². The molecule has 2 rings (SSSR count). The molecule has 1 saturated carbocycles. The van der Waals surface area contributed by atoms with Gasteiger partial charge in [-0.3, -0.25) is 4.99 Å². The highest BCUT2D eigenvalue weighted by Gasteiger charge is 2.18. The summed E-state index contributed by atoms with van der Waals surface area (Å²) < 4.78 is 0. The quantitative estimate of drug-likeness (QED) is 0.362. The van der Waals surface area contributed by atoms with Crippen molar-refractivity contribution in [3.8, 4) is 0 Å². The monoisotopic (exact) mass is 464 g/mol. The van der Waals surface area contributed by atoms with Gasteiger partial charge in [-0.1, -0.05) is 18.9 Å². The lowest BCUT2D eigenvalue weighted by Gasteiger charge is -2.24. The average Bonchev–Trinajstić information content (AvgIpc) is 3.24. The Kier molecular flexibility index (Phi) is 10.9. The molecule has 4 nitrogen and oxygen atoms in total. The first-order valence-corrected chi connectivity index (χ1v) is 9.80. The van der Waals surface area contributed by atoms with E-state index in [1.165, 1.54) is 30.6 Å². The molecule has 1 aliphatic carbocycles. The third kappa shape index (κ3) is 7.27. The number of guanidine groups is 1. The average molecular weight is 464 g/mol. The predicted octanol–water partition coefficient (Wildman–Crippen LogP) is 3.68.